The van der Waals surface area contributed by atoms with Gasteiger partial charge in [0, 0.05) is 35.8 Å². The quantitative estimate of drug-likeness (QED) is 0.531. The standard InChI is InChI=1S/C21H30N4OS2/c1-25(2)19(26)15-23-20(22-14-17-8-6-12-27-17)24-16-21(10-4-3-5-11-21)18-9-7-13-28-18/h6-9,12-13H,3-5,10-11,14-16H2,1-2H3,(H2,22,23,24). The zero-order chi connectivity index (χ0) is 19.8. The first-order valence-corrected chi connectivity index (χ1v) is 11.6. The number of rotatable bonds is 7. The first-order chi connectivity index (χ1) is 13.6. The highest BCUT2D eigenvalue weighted by Crippen LogP contribution is 2.41. The van der Waals surface area contributed by atoms with Gasteiger partial charge in [-0.3, -0.25) is 4.79 Å². The van der Waals surface area contributed by atoms with Crippen LogP contribution in [0.4, 0.5) is 0 Å². The number of carbonyl (C=O) groups is 1. The molecule has 2 heterocycles. The molecule has 1 aliphatic carbocycles. The predicted molar refractivity (Wildman–Crippen MR) is 119 cm³/mol. The van der Waals surface area contributed by atoms with Crippen LogP contribution in [0.25, 0.3) is 0 Å². The van der Waals surface area contributed by atoms with Gasteiger partial charge in [-0.15, -0.1) is 22.7 Å². The van der Waals surface area contributed by atoms with E-state index in [1.165, 1.54) is 41.9 Å². The van der Waals surface area contributed by atoms with E-state index >= 15 is 0 Å². The highest BCUT2D eigenvalue weighted by atomic mass is 32.1. The van der Waals surface area contributed by atoms with Crippen molar-refractivity contribution >= 4 is 34.5 Å². The molecule has 5 nitrogen and oxygen atoms in total. The van der Waals surface area contributed by atoms with Crippen LogP contribution in [0.5, 0.6) is 0 Å². The zero-order valence-electron chi connectivity index (χ0n) is 16.7. The molecule has 1 aliphatic rings. The molecule has 3 rings (SSSR count). The number of aliphatic imine (C=N–C) groups is 1. The van der Waals surface area contributed by atoms with E-state index in [1.54, 1.807) is 30.3 Å². The Kier molecular flexibility index (Phi) is 7.50. The number of thiophene rings is 2. The fourth-order valence-electron chi connectivity index (χ4n) is 3.62. The molecule has 152 valence electrons. The molecule has 2 N–H and O–H groups in total. The van der Waals surface area contributed by atoms with Crippen molar-refractivity contribution in [3.05, 3.63) is 44.8 Å². The second-order valence-corrected chi connectivity index (χ2v) is 9.54. The van der Waals surface area contributed by atoms with Crippen LogP contribution in [0.15, 0.2) is 40.0 Å². The van der Waals surface area contributed by atoms with Crippen LogP contribution in [0, 0.1) is 0 Å². The van der Waals surface area contributed by atoms with Gasteiger partial charge in [-0.25, -0.2) is 4.99 Å². The fraction of sp³-hybridized carbons (Fsp3) is 0.524. The van der Waals surface area contributed by atoms with E-state index in [0.717, 1.165) is 6.54 Å². The number of nitrogens with one attached hydrogen (secondary N) is 2. The van der Waals surface area contributed by atoms with Crippen molar-refractivity contribution in [2.24, 2.45) is 4.99 Å². The lowest BCUT2D eigenvalue weighted by Crippen LogP contribution is -2.46. The molecule has 0 aliphatic heterocycles. The van der Waals surface area contributed by atoms with Gasteiger partial charge < -0.3 is 15.5 Å². The lowest BCUT2D eigenvalue weighted by Gasteiger charge is -2.37. The number of nitrogens with zero attached hydrogens (tertiary/aromatic N) is 2. The number of amides is 1. The number of carbonyl (C=O) groups excluding carboxylic acids is 1. The summed E-state index contributed by atoms with van der Waals surface area (Å²) in [5.74, 6) is 0.716. The van der Waals surface area contributed by atoms with Gasteiger partial charge in [0.15, 0.2) is 5.96 Å². The Morgan fingerprint density at radius 3 is 2.50 bits per heavy atom. The maximum atomic E-state index is 12.0. The minimum Gasteiger partial charge on any atom is -0.355 e. The van der Waals surface area contributed by atoms with Crippen molar-refractivity contribution in [3.8, 4) is 0 Å². The molecule has 0 bridgehead atoms. The lowest BCUT2D eigenvalue weighted by molar-refractivity contribution is -0.127. The van der Waals surface area contributed by atoms with Crippen LogP contribution < -0.4 is 10.6 Å². The third kappa shape index (κ3) is 5.58. The van der Waals surface area contributed by atoms with Crippen LogP contribution in [0.2, 0.25) is 0 Å². The molecule has 0 radical (unpaired) electrons. The Morgan fingerprint density at radius 2 is 1.86 bits per heavy atom. The van der Waals surface area contributed by atoms with E-state index in [9.17, 15) is 4.79 Å². The van der Waals surface area contributed by atoms with Crippen molar-refractivity contribution in [1.82, 2.24) is 15.5 Å². The van der Waals surface area contributed by atoms with Crippen LogP contribution in [-0.4, -0.2) is 44.0 Å². The van der Waals surface area contributed by atoms with Gasteiger partial charge in [0.2, 0.25) is 5.91 Å². The summed E-state index contributed by atoms with van der Waals surface area (Å²) in [4.78, 5) is 20.8. The Labute approximate surface area is 175 Å². The number of hydrogen-bond donors (Lipinski definition) is 2. The molecule has 0 aromatic carbocycles. The maximum absolute atomic E-state index is 12.0. The third-order valence-electron chi connectivity index (χ3n) is 5.33. The molecule has 0 atom stereocenters. The second kappa shape index (κ2) is 10.1. The maximum Gasteiger partial charge on any atom is 0.243 e. The summed E-state index contributed by atoms with van der Waals surface area (Å²) in [5.41, 5.74) is 0.170. The normalized spacial score (nSPS) is 16.6. The Hall–Kier alpha value is -1.86. The van der Waals surface area contributed by atoms with Gasteiger partial charge in [0.25, 0.3) is 0 Å². The van der Waals surface area contributed by atoms with Crippen molar-refractivity contribution in [2.75, 3.05) is 27.2 Å². The van der Waals surface area contributed by atoms with Crippen molar-refractivity contribution in [1.29, 1.82) is 0 Å². The van der Waals surface area contributed by atoms with Gasteiger partial charge in [-0.1, -0.05) is 31.4 Å². The molecule has 1 amide bonds. The van der Waals surface area contributed by atoms with Gasteiger partial charge in [-0.2, -0.15) is 0 Å². The number of likely N-dealkylation sites (N-methyl/N-ethyl adjacent to an activating group) is 1. The molecule has 2 aromatic rings. The molecule has 28 heavy (non-hydrogen) atoms. The molecule has 1 saturated carbocycles. The Bertz CT molecular complexity index is 747. The molecule has 1 fully saturated rings. The van der Waals surface area contributed by atoms with Crippen LogP contribution in [0.1, 0.15) is 41.9 Å². The van der Waals surface area contributed by atoms with E-state index in [2.05, 4.69) is 50.7 Å². The Balaban J connectivity index is 1.69. The molecule has 0 unspecified atom stereocenters. The molecule has 0 saturated heterocycles. The molecule has 7 heteroatoms. The average Bonchev–Trinajstić information content (AvgIpc) is 3.42. The first-order valence-electron chi connectivity index (χ1n) is 9.88. The van der Waals surface area contributed by atoms with E-state index < -0.39 is 0 Å². The monoisotopic (exact) mass is 418 g/mol. The summed E-state index contributed by atoms with van der Waals surface area (Å²) in [6.07, 6.45) is 6.27. The van der Waals surface area contributed by atoms with Gasteiger partial charge >= 0.3 is 0 Å². The number of hydrogen-bond acceptors (Lipinski definition) is 4. The van der Waals surface area contributed by atoms with E-state index in [4.69, 9.17) is 0 Å². The summed E-state index contributed by atoms with van der Waals surface area (Å²) in [6, 6.07) is 8.57. The number of guanidine groups is 1. The third-order valence-corrected chi connectivity index (χ3v) is 7.32. The predicted octanol–water partition coefficient (Wildman–Crippen LogP) is 3.84. The van der Waals surface area contributed by atoms with Gasteiger partial charge in [0.1, 0.15) is 6.54 Å². The second-order valence-electron chi connectivity index (χ2n) is 7.56. The van der Waals surface area contributed by atoms with E-state index in [-0.39, 0.29) is 17.9 Å². The van der Waals surface area contributed by atoms with Crippen LogP contribution in [-0.2, 0) is 16.8 Å². The van der Waals surface area contributed by atoms with Crippen LogP contribution >= 0.6 is 22.7 Å². The molecular weight excluding hydrogens is 388 g/mol. The Morgan fingerprint density at radius 1 is 1.11 bits per heavy atom. The zero-order valence-corrected chi connectivity index (χ0v) is 18.4. The summed E-state index contributed by atoms with van der Waals surface area (Å²) in [7, 11) is 3.52. The highest BCUT2D eigenvalue weighted by Gasteiger charge is 2.34. The SMILES string of the molecule is CN(C)C(=O)CN=C(NCc1cccs1)NCC1(c2cccs2)CCCCC1. The van der Waals surface area contributed by atoms with Crippen molar-refractivity contribution < 1.29 is 4.79 Å². The van der Waals surface area contributed by atoms with Crippen LogP contribution in [0.3, 0.4) is 0 Å². The average molecular weight is 419 g/mol. The molecule has 2 aromatic heterocycles. The lowest BCUT2D eigenvalue weighted by atomic mass is 9.73. The van der Waals surface area contributed by atoms with Gasteiger partial charge in [0.05, 0.1) is 6.54 Å². The van der Waals surface area contributed by atoms with Crippen molar-refractivity contribution in [2.45, 2.75) is 44.1 Å². The molecule has 0 spiro atoms. The summed E-state index contributed by atoms with van der Waals surface area (Å²) < 4.78 is 0. The fourth-order valence-corrected chi connectivity index (χ4v) is 5.25. The summed E-state index contributed by atoms with van der Waals surface area (Å²) >= 11 is 3.57. The van der Waals surface area contributed by atoms with Gasteiger partial charge in [-0.05, 0) is 35.7 Å². The minimum absolute atomic E-state index is 0.00265. The molecular formula is C21H30N4OS2. The summed E-state index contributed by atoms with van der Waals surface area (Å²) in [5, 5.41) is 11.2. The highest BCUT2D eigenvalue weighted by molar-refractivity contribution is 7.10. The smallest absolute Gasteiger partial charge is 0.243 e. The summed E-state index contributed by atoms with van der Waals surface area (Å²) in [6.45, 7) is 1.71. The first kappa shape index (κ1) is 20.9. The largest absolute Gasteiger partial charge is 0.355 e. The topological polar surface area (TPSA) is 56.7 Å². The van der Waals surface area contributed by atoms with E-state index in [1.807, 2.05) is 11.3 Å². The minimum atomic E-state index is 0.00265. The van der Waals surface area contributed by atoms with E-state index in [0.29, 0.717) is 12.5 Å². The van der Waals surface area contributed by atoms with Crippen molar-refractivity contribution in [3.63, 3.8) is 0 Å².